The minimum absolute atomic E-state index is 0.0377. The van der Waals surface area contributed by atoms with E-state index in [0.717, 1.165) is 48.9 Å². The fraction of sp³-hybridized carbons (Fsp3) is 0.421. The molecule has 132 valence electrons. The lowest BCUT2D eigenvalue weighted by molar-refractivity contribution is -0.125. The molecule has 2 aromatic rings. The van der Waals surface area contributed by atoms with E-state index in [9.17, 15) is 4.79 Å². The molecule has 0 spiro atoms. The highest BCUT2D eigenvalue weighted by atomic mass is 16.5. The standard InChI is InChI=1S/C19H24N4O2/c1-14-6-7-17(25-2)18(22-14)23-11-8-15(9-12-23)19(24)21-13-16-5-3-4-10-20-16/h3-7,10,15H,8-9,11-13H2,1-2H3,(H,21,24). The van der Waals surface area contributed by atoms with Gasteiger partial charge in [0.2, 0.25) is 5.91 Å². The predicted molar refractivity (Wildman–Crippen MR) is 96.5 cm³/mol. The minimum Gasteiger partial charge on any atom is -0.493 e. The Labute approximate surface area is 148 Å². The van der Waals surface area contributed by atoms with Gasteiger partial charge in [0.1, 0.15) is 0 Å². The maximum Gasteiger partial charge on any atom is 0.223 e. The van der Waals surface area contributed by atoms with Gasteiger partial charge in [-0.15, -0.1) is 0 Å². The minimum atomic E-state index is 0.0377. The number of rotatable bonds is 5. The van der Waals surface area contributed by atoms with Crippen LogP contribution in [0.3, 0.4) is 0 Å². The molecule has 6 heteroatoms. The third-order valence-electron chi connectivity index (χ3n) is 4.53. The van der Waals surface area contributed by atoms with Crippen LogP contribution in [0.15, 0.2) is 36.5 Å². The smallest absolute Gasteiger partial charge is 0.223 e. The van der Waals surface area contributed by atoms with Crippen LogP contribution in [-0.2, 0) is 11.3 Å². The molecule has 1 fully saturated rings. The second-order valence-electron chi connectivity index (χ2n) is 6.28. The molecule has 1 aliphatic heterocycles. The molecule has 3 rings (SSSR count). The average Bonchev–Trinajstić information content (AvgIpc) is 2.67. The molecule has 2 aromatic heterocycles. The van der Waals surface area contributed by atoms with Gasteiger partial charge >= 0.3 is 0 Å². The van der Waals surface area contributed by atoms with Gasteiger partial charge in [0.15, 0.2) is 11.6 Å². The number of aryl methyl sites for hydroxylation is 1. The lowest BCUT2D eigenvalue weighted by Gasteiger charge is -2.33. The number of piperidine rings is 1. The highest BCUT2D eigenvalue weighted by Gasteiger charge is 2.26. The SMILES string of the molecule is COc1ccc(C)nc1N1CCC(C(=O)NCc2ccccn2)CC1. The highest BCUT2D eigenvalue weighted by molar-refractivity contribution is 5.79. The monoisotopic (exact) mass is 340 g/mol. The van der Waals surface area contributed by atoms with E-state index in [4.69, 9.17) is 4.74 Å². The summed E-state index contributed by atoms with van der Waals surface area (Å²) in [5.74, 6) is 1.80. The topological polar surface area (TPSA) is 67.3 Å². The number of hydrogen-bond donors (Lipinski definition) is 1. The van der Waals surface area contributed by atoms with Crippen molar-refractivity contribution >= 4 is 11.7 Å². The Balaban J connectivity index is 1.55. The molecule has 0 radical (unpaired) electrons. The summed E-state index contributed by atoms with van der Waals surface area (Å²) in [5.41, 5.74) is 1.84. The fourth-order valence-corrected chi connectivity index (χ4v) is 3.09. The third kappa shape index (κ3) is 4.26. The summed E-state index contributed by atoms with van der Waals surface area (Å²) in [6.45, 7) is 4.05. The number of carbonyl (C=O) groups excluding carboxylic acids is 1. The molecular weight excluding hydrogens is 316 g/mol. The number of pyridine rings is 2. The second kappa shape index (κ2) is 7.96. The van der Waals surface area contributed by atoms with Crippen molar-refractivity contribution in [1.82, 2.24) is 15.3 Å². The van der Waals surface area contributed by atoms with Gasteiger partial charge in [-0.05, 0) is 44.0 Å². The molecule has 1 amide bonds. The van der Waals surface area contributed by atoms with Crippen molar-refractivity contribution in [2.75, 3.05) is 25.1 Å². The summed E-state index contributed by atoms with van der Waals surface area (Å²) in [6, 6.07) is 9.60. The first kappa shape index (κ1) is 17.2. The van der Waals surface area contributed by atoms with Gasteiger partial charge in [0.05, 0.1) is 19.3 Å². The van der Waals surface area contributed by atoms with Crippen LogP contribution in [0.25, 0.3) is 0 Å². The van der Waals surface area contributed by atoms with E-state index in [1.54, 1.807) is 13.3 Å². The number of ether oxygens (including phenoxy) is 1. The maximum atomic E-state index is 12.4. The fourth-order valence-electron chi connectivity index (χ4n) is 3.09. The number of hydrogen-bond acceptors (Lipinski definition) is 5. The molecular formula is C19H24N4O2. The number of nitrogens with zero attached hydrogens (tertiary/aromatic N) is 3. The molecule has 1 aliphatic rings. The van der Waals surface area contributed by atoms with Crippen molar-refractivity contribution in [2.24, 2.45) is 5.92 Å². The first-order chi connectivity index (χ1) is 12.2. The van der Waals surface area contributed by atoms with E-state index < -0.39 is 0 Å². The van der Waals surface area contributed by atoms with Gasteiger partial charge in [0.25, 0.3) is 0 Å². The molecule has 25 heavy (non-hydrogen) atoms. The van der Waals surface area contributed by atoms with Crippen molar-refractivity contribution in [3.8, 4) is 5.75 Å². The number of nitrogens with one attached hydrogen (secondary N) is 1. The molecule has 0 unspecified atom stereocenters. The van der Waals surface area contributed by atoms with Gasteiger partial charge in [0, 0.05) is 30.9 Å². The molecule has 0 atom stereocenters. The van der Waals surface area contributed by atoms with Crippen molar-refractivity contribution in [3.05, 3.63) is 47.9 Å². The van der Waals surface area contributed by atoms with E-state index in [-0.39, 0.29) is 11.8 Å². The summed E-state index contributed by atoms with van der Waals surface area (Å²) < 4.78 is 5.43. The van der Waals surface area contributed by atoms with Crippen LogP contribution in [0, 0.1) is 12.8 Å². The number of methoxy groups -OCH3 is 1. The average molecular weight is 340 g/mol. The summed E-state index contributed by atoms with van der Waals surface area (Å²) in [6.07, 6.45) is 3.36. The Morgan fingerprint density at radius 3 is 2.76 bits per heavy atom. The molecule has 0 bridgehead atoms. The Morgan fingerprint density at radius 1 is 1.28 bits per heavy atom. The Bertz CT molecular complexity index is 713. The Morgan fingerprint density at radius 2 is 2.08 bits per heavy atom. The molecule has 1 N–H and O–H groups in total. The predicted octanol–water partition coefficient (Wildman–Crippen LogP) is 2.33. The number of aromatic nitrogens is 2. The van der Waals surface area contributed by atoms with Gasteiger partial charge in [-0.3, -0.25) is 9.78 Å². The van der Waals surface area contributed by atoms with Crippen molar-refractivity contribution < 1.29 is 9.53 Å². The summed E-state index contributed by atoms with van der Waals surface area (Å²) in [5, 5.41) is 2.99. The summed E-state index contributed by atoms with van der Waals surface area (Å²) >= 11 is 0. The number of carbonyl (C=O) groups is 1. The molecule has 0 aromatic carbocycles. The number of anilines is 1. The van der Waals surface area contributed by atoms with E-state index in [0.29, 0.717) is 6.54 Å². The lowest BCUT2D eigenvalue weighted by atomic mass is 9.96. The highest BCUT2D eigenvalue weighted by Crippen LogP contribution is 2.30. The number of amides is 1. The van der Waals surface area contributed by atoms with Crippen LogP contribution in [0.4, 0.5) is 5.82 Å². The van der Waals surface area contributed by atoms with E-state index in [1.807, 2.05) is 37.3 Å². The van der Waals surface area contributed by atoms with Crippen LogP contribution in [-0.4, -0.2) is 36.1 Å². The van der Waals surface area contributed by atoms with Crippen LogP contribution in [0.1, 0.15) is 24.2 Å². The van der Waals surface area contributed by atoms with Gasteiger partial charge < -0.3 is 15.0 Å². The van der Waals surface area contributed by atoms with Crippen molar-refractivity contribution in [1.29, 1.82) is 0 Å². The van der Waals surface area contributed by atoms with E-state index in [1.165, 1.54) is 0 Å². The molecule has 0 aliphatic carbocycles. The largest absolute Gasteiger partial charge is 0.493 e. The first-order valence-corrected chi connectivity index (χ1v) is 8.61. The summed E-state index contributed by atoms with van der Waals surface area (Å²) in [7, 11) is 1.66. The second-order valence-corrected chi connectivity index (χ2v) is 6.28. The molecule has 6 nitrogen and oxygen atoms in total. The Hall–Kier alpha value is -2.63. The van der Waals surface area contributed by atoms with Crippen LogP contribution in [0.2, 0.25) is 0 Å². The third-order valence-corrected chi connectivity index (χ3v) is 4.53. The Kier molecular flexibility index (Phi) is 5.48. The van der Waals surface area contributed by atoms with E-state index >= 15 is 0 Å². The zero-order valence-electron chi connectivity index (χ0n) is 14.7. The first-order valence-electron chi connectivity index (χ1n) is 8.61. The molecule has 1 saturated heterocycles. The van der Waals surface area contributed by atoms with Crippen molar-refractivity contribution in [2.45, 2.75) is 26.3 Å². The molecule has 3 heterocycles. The van der Waals surface area contributed by atoms with Gasteiger partial charge in [-0.2, -0.15) is 0 Å². The zero-order valence-corrected chi connectivity index (χ0v) is 14.7. The van der Waals surface area contributed by atoms with Crippen molar-refractivity contribution in [3.63, 3.8) is 0 Å². The van der Waals surface area contributed by atoms with Crippen LogP contribution < -0.4 is 15.0 Å². The van der Waals surface area contributed by atoms with Gasteiger partial charge in [-0.1, -0.05) is 6.07 Å². The van der Waals surface area contributed by atoms with Crippen LogP contribution in [0.5, 0.6) is 5.75 Å². The van der Waals surface area contributed by atoms with Crippen LogP contribution >= 0.6 is 0 Å². The normalized spacial score (nSPS) is 15.0. The quantitative estimate of drug-likeness (QED) is 0.905. The lowest BCUT2D eigenvalue weighted by Crippen LogP contribution is -2.40. The summed E-state index contributed by atoms with van der Waals surface area (Å²) in [4.78, 5) is 23.4. The maximum absolute atomic E-state index is 12.4. The molecule has 0 saturated carbocycles. The van der Waals surface area contributed by atoms with Gasteiger partial charge in [-0.25, -0.2) is 4.98 Å². The zero-order chi connectivity index (χ0) is 17.6. The van der Waals surface area contributed by atoms with E-state index in [2.05, 4.69) is 20.2 Å².